The third kappa shape index (κ3) is 8.14. The number of carbonyl (C=O) groups is 2. The summed E-state index contributed by atoms with van der Waals surface area (Å²) in [5.74, 6) is -0.164. The third-order valence-corrected chi connectivity index (χ3v) is 6.01. The normalized spacial score (nSPS) is 11.4. The molecule has 0 saturated carbocycles. The summed E-state index contributed by atoms with van der Waals surface area (Å²) in [6.07, 6.45) is 7.64. The number of amides is 2. The van der Waals surface area contributed by atoms with Crippen LogP contribution < -0.4 is 10.9 Å². The number of nitrogens with one attached hydrogen (secondary N) is 2. The van der Waals surface area contributed by atoms with Crippen LogP contribution in [0.2, 0.25) is 0 Å². The first-order chi connectivity index (χ1) is 13.6. The highest BCUT2D eigenvalue weighted by Gasteiger charge is 2.02. The van der Waals surface area contributed by atoms with Crippen LogP contribution in [0.3, 0.4) is 0 Å². The molecule has 0 spiro atoms. The van der Waals surface area contributed by atoms with Crippen molar-refractivity contribution in [1.82, 2.24) is 10.9 Å². The van der Waals surface area contributed by atoms with Crippen LogP contribution >= 0.6 is 22.7 Å². The van der Waals surface area contributed by atoms with Gasteiger partial charge < -0.3 is 0 Å². The molecule has 0 aliphatic heterocycles. The molecular formula is C20H26N4O2S2. The second-order valence-electron chi connectivity index (χ2n) is 6.44. The molecule has 8 heteroatoms. The molecule has 0 radical (unpaired) electrons. The first-order valence-electron chi connectivity index (χ1n) is 9.28. The minimum Gasteiger partial charge on any atom is -0.273 e. The summed E-state index contributed by atoms with van der Waals surface area (Å²) in [7, 11) is 0. The van der Waals surface area contributed by atoms with Crippen molar-refractivity contribution in [3.05, 3.63) is 43.8 Å². The van der Waals surface area contributed by atoms with E-state index in [4.69, 9.17) is 0 Å². The fraction of sp³-hybridized carbons (Fsp3) is 0.400. The van der Waals surface area contributed by atoms with Crippen molar-refractivity contribution in [2.75, 3.05) is 0 Å². The summed E-state index contributed by atoms with van der Waals surface area (Å²) in [6.45, 7) is 4.02. The second kappa shape index (κ2) is 12.2. The van der Waals surface area contributed by atoms with E-state index in [0.29, 0.717) is 12.8 Å². The van der Waals surface area contributed by atoms with Crippen molar-refractivity contribution in [3.63, 3.8) is 0 Å². The number of hydrogen-bond acceptors (Lipinski definition) is 6. The lowest BCUT2D eigenvalue weighted by atomic mass is 10.1. The maximum atomic E-state index is 11.7. The van der Waals surface area contributed by atoms with Crippen LogP contribution in [0.25, 0.3) is 0 Å². The van der Waals surface area contributed by atoms with E-state index in [1.807, 2.05) is 36.7 Å². The number of carbonyl (C=O) groups excluding carboxylic acids is 2. The number of hydrogen-bond donors (Lipinski definition) is 2. The van der Waals surface area contributed by atoms with Crippen molar-refractivity contribution < 1.29 is 9.59 Å². The number of aryl methyl sites for hydroxylation is 2. The van der Waals surface area contributed by atoms with E-state index < -0.39 is 0 Å². The molecule has 2 heterocycles. The maximum Gasteiger partial charge on any atom is 0.240 e. The van der Waals surface area contributed by atoms with Gasteiger partial charge in [0.1, 0.15) is 0 Å². The first-order valence-corrected chi connectivity index (χ1v) is 11.0. The first kappa shape index (κ1) is 22.0. The van der Waals surface area contributed by atoms with Crippen LogP contribution in [0.4, 0.5) is 0 Å². The average Bonchev–Trinajstić information content (AvgIpc) is 3.26. The van der Waals surface area contributed by atoms with E-state index in [2.05, 4.69) is 21.1 Å². The summed E-state index contributed by atoms with van der Waals surface area (Å²) in [5.41, 5.74) is 7.41. The van der Waals surface area contributed by atoms with Crippen LogP contribution in [0.15, 0.2) is 33.1 Å². The van der Waals surface area contributed by atoms with Crippen LogP contribution in [0.5, 0.6) is 0 Å². The largest absolute Gasteiger partial charge is 0.273 e. The minimum atomic E-state index is -0.0820. The Bertz CT molecular complexity index is 756. The molecule has 0 aromatic carbocycles. The molecule has 6 nitrogen and oxygen atoms in total. The van der Waals surface area contributed by atoms with Gasteiger partial charge in [0, 0.05) is 22.6 Å². The van der Waals surface area contributed by atoms with Crippen molar-refractivity contribution >= 4 is 46.9 Å². The summed E-state index contributed by atoms with van der Waals surface area (Å²) in [4.78, 5) is 25.6. The summed E-state index contributed by atoms with van der Waals surface area (Å²) in [6, 6.07) is 4.04. The predicted octanol–water partition coefficient (Wildman–Crippen LogP) is 4.37. The molecule has 0 aliphatic carbocycles. The van der Waals surface area contributed by atoms with E-state index in [1.165, 1.54) is 0 Å². The van der Waals surface area contributed by atoms with Gasteiger partial charge in [0.2, 0.25) is 11.8 Å². The molecule has 28 heavy (non-hydrogen) atoms. The molecule has 2 amide bonds. The molecule has 0 atom stereocenters. The fourth-order valence-corrected chi connectivity index (χ4v) is 3.97. The van der Waals surface area contributed by atoms with Gasteiger partial charge in [0.05, 0.1) is 12.4 Å². The van der Waals surface area contributed by atoms with Crippen molar-refractivity contribution in [3.8, 4) is 0 Å². The zero-order chi connectivity index (χ0) is 20.2. The Morgan fingerprint density at radius 1 is 0.821 bits per heavy atom. The van der Waals surface area contributed by atoms with E-state index in [1.54, 1.807) is 35.1 Å². The Kier molecular flexibility index (Phi) is 9.57. The molecular weight excluding hydrogens is 392 g/mol. The van der Waals surface area contributed by atoms with Gasteiger partial charge in [-0.25, -0.2) is 10.9 Å². The molecule has 150 valence electrons. The van der Waals surface area contributed by atoms with Crippen molar-refractivity contribution in [1.29, 1.82) is 0 Å². The van der Waals surface area contributed by atoms with E-state index >= 15 is 0 Å². The average molecular weight is 419 g/mol. The number of rotatable bonds is 11. The Hall–Kier alpha value is -2.32. The zero-order valence-electron chi connectivity index (χ0n) is 16.2. The second-order valence-corrected chi connectivity index (χ2v) is 8.33. The Morgan fingerprint density at radius 3 is 1.61 bits per heavy atom. The smallest absolute Gasteiger partial charge is 0.240 e. The molecule has 0 unspecified atom stereocenters. The van der Waals surface area contributed by atoms with E-state index in [0.717, 1.165) is 46.6 Å². The number of nitrogens with zero attached hydrogens (tertiary/aromatic N) is 2. The molecule has 0 fully saturated rings. The van der Waals surface area contributed by atoms with E-state index in [-0.39, 0.29) is 11.8 Å². The summed E-state index contributed by atoms with van der Waals surface area (Å²) in [5, 5.41) is 12.0. The lowest BCUT2D eigenvalue weighted by Crippen LogP contribution is -2.17. The van der Waals surface area contributed by atoms with Gasteiger partial charge >= 0.3 is 0 Å². The molecule has 2 aromatic heterocycles. The van der Waals surface area contributed by atoms with Crippen LogP contribution in [0, 0.1) is 13.8 Å². The molecule has 2 aromatic rings. The van der Waals surface area contributed by atoms with Crippen LogP contribution in [-0.2, 0) is 9.59 Å². The van der Waals surface area contributed by atoms with Crippen LogP contribution in [0.1, 0.15) is 59.4 Å². The standard InChI is InChI=1S/C20H26N4O2S2/c1-15-9-11-27-17(15)13-21-23-19(25)7-5-3-4-6-8-20(26)24-22-14-18-16(2)10-12-28-18/h9-14H,3-8H2,1-2H3,(H,23,25)(H,24,26). The zero-order valence-corrected chi connectivity index (χ0v) is 17.9. The van der Waals surface area contributed by atoms with Crippen LogP contribution in [-0.4, -0.2) is 24.2 Å². The monoisotopic (exact) mass is 418 g/mol. The lowest BCUT2D eigenvalue weighted by molar-refractivity contribution is -0.122. The van der Waals surface area contributed by atoms with Gasteiger partial charge in [-0.3, -0.25) is 9.59 Å². The van der Waals surface area contributed by atoms with E-state index in [9.17, 15) is 9.59 Å². The minimum absolute atomic E-state index is 0.0820. The highest BCUT2D eigenvalue weighted by atomic mass is 32.1. The Balaban J connectivity index is 1.48. The predicted molar refractivity (Wildman–Crippen MR) is 117 cm³/mol. The van der Waals surface area contributed by atoms with Gasteiger partial charge in [0.25, 0.3) is 0 Å². The lowest BCUT2D eigenvalue weighted by Gasteiger charge is -2.02. The van der Waals surface area contributed by atoms with Gasteiger partial charge in [-0.1, -0.05) is 12.8 Å². The SMILES string of the molecule is Cc1ccsc1C=NNC(=O)CCCCCCC(=O)NN=Cc1sccc1C. The summed E-state index contributed by atoms with van der Waals surface area (Å²) >= 11 is 3.19. The third-order valence-electron chi connectivity index (χ3n) is 4.10. The highest BCUT2D eigenvalue weighted by molar-refractivity contribution is 7.12. The number of hydrazone groups is 2. The van der Waals surface area contributed by atoms with Gasteiger partial charge in [-0.2, -0.15) is 10.2 Å². The number of unbranched alkanes of at least 4 members (excludes halogenated alkanes) is 3. The van der Waals surface area contributed by atoms with Gasteiger partial charge in [0.15, 0.2) is 0 Å². The highest BCUT2D eigenvalue weighted by Crippen LogP contribution is 2.13. The number of thiophene rings is 2. The van der Waals surface area contributed by atoms with Crippen molar-refractivity contribution in [2.45, 2.75) is 52.4 Å². The fourth-order valence-electron chi connectivity index (χ4n) is 2.40. The molecule has 0 bridgehead atoms. The topological polar surface area (TPSA) is 82.9 Å². The van der Waals surface area contributed by atoms with Gasteiger partial charge in [-0.05, 0) is 60.7 Å². The molecule has 0 aliphatic rings. The molecule has 2 N–H and O–H groups in total. The van der Waals surface area contributed by atoms with Gasteiger partial charge in [-0.15, -0.1) is 22.7 Å². The Labute approximate surface area is 173 Å². The maximum absolute atomic E-state index is 11.7. The molecule has 0 saturated heterocycles. The molecule has 2 rings (SSSR count). The quantitative estimate of drug-likeness (QED) is 0.323. The summed E-state index contributed by atoms with van der Waals surface area (Å²) < 4.78 is 0. The van der Waals surface area contributed by atoms with Crippen molar-refractivity contribution in [2.24, 2.45) is 10.2 Å². The Morgan fingerprint density at radius 2 is 1.25 bits per heavy atom.